The zero-order chi connectivity index (χ0) is 7.66. The van der Waals surface area contributed by atoms with Gasteiger partial charge in [-0.25, -0.2) is 0 Å². The van der Waals surface area contributed by atoms with Crippen LogP contribution in [0.4, 0.5) is 0 Å². The summed E-state index contributed by atoms with van der Waals surface area (Å²) >= 11 is 2.25. The van der Waals surface area contributed by atoms with Crippen molar-refractivity contribution < 1.29 is 14.6 Å². The minimum Gasteiger partial charge on any atom is -0.394 e. The smallest absolute Gasteiger partial charge is 0.0701 e. The van der Waals surface area contributed by atoms with Crippen molar-refractivity contribution in [2.75, 3.05) is 37.5 Å². The van der Waals surface area contributed by atoms with Crippen LogP contribution in [0.3, 0.4) is 0 Å². The third-order valence-corrected chi connectivity index (χ3v) is 1.27. The monoisotopic (exact) mass is 260 g/mol. The Morgan fingerprint density at radius 1 is 1.00 bits per heavy atom. The number of halogens is 1. The highest BCUT2D eigenvalue weighted by atomic mass is 127. The van der Waals surface area contributed by atoms with Gasteiger partial charge in [-0.15, -0.1) is 0 Å². The fraction of sp³-hybridized carbons (Fsp3) is 1.00. The summed E-state index contributed by atoms with van der Waals surface area (Å²) in [4.78, 5) is 0. The van der Waals surface area contributed by atoms with Gasteiger partial charge >= 0.3 is 0 Å². The predicted octanol–water partition coefficient (Wildman–Crippen LogP) is 0.447. The SMILES string of the molecule is OCCOCCOCCI. The summed E-state index contributed by atoms with van der Waals surface area (Å²) in [7, 11) is 0. The lowest BCUT2D eigenvalue weighted by atomic mass is 10.7. The lowest BCUT2D eigenvalue weighted by Crippen LogP contribution is -2.08. The van der Waals surface area contributed by atoms with Crippen molar-refractivity contribution in [3.05, 3.63) is 0 Å². The average molecular weight is 260 g/mol. The van der Waals surface area contributed by atoms with Crippen molar-refractivity contribution in [2.45, 2.75) is 0 Å². The molecule has 0 amide bonds. The maximum atomic E-state index is 8.30. The molecular formula is C6H13IO3. The van der Waals surface area contributed by atoms with Crippen LogP contribution >= 0.6 is 22.6 Å². The van der Waals surface area contributed by atoms with E-state index in [1.165, 1.54) is 0 Å². The van der Waals surface area contributed by atoms with E-state index in [0.29, 0.717) is 19.8 Å². The van der Waals surface area contributed by atoms with Crippen LogP contribution < -0.4 is 0 Å². The molecule has 0 aromatic heterocycles. The number of ether oxygens (including phenoxy) is 2. The van der Waals surface area contributed by atoms with Crippen LogP contribution in [0.2, 0.25) is 0 Å². The fourth-order valence-corrected chi connectivity index (χ4v) is 0.752. The maximum Gasteiger partial charge on any atom is 0.0701 e. The second-order valence-electron chi connectivity index (χ2n) is 1.64. The summed E-state index contributed by atoms with van der Waals surface area (Å²) in [6, 6.07) is 0. The Labute approximate surface area is 74.8 Å². The molecule has 62 valence electrons. The quantitative estimate of drug-likeness (QED) is 0.410. The summed E-state index contributed by atoms with van der Waals surface area (Å²) in [5, 5.41) is 8.30. The van der Waals surface area contributed by atoms with Gasteiger partial charge < -0.3 is 14.6 Å². The molecule has 0 aliphatic rings. The van der Waals surface area contributed by atoms with Gasteiger partial charge in [-0.1, -0.05) is 22.6 Å². The van der Waals surface area contributed by atoms with E-state index >= 15 is 0 Å². The Balaban J connectivity index is 2.65. The van der Waals surface area contributed by atoms with Gasteiger partial charge in [0.2, 0.25) is 0 Å². The van der Waals surface area contributed by atoms with Gasteiger partial charge in [0, 0.05) is 4.43 Å². The molecule has 0 radical (unpaired) electrons. The third kappa shape index (κ3) is 8.61. The highest BCUT2D eigenvalue weighted by Gasteiger charge is 1.86. The molecule has 0 heterocycles. The number of hydrogen-bond acceptors (Lipinski definition) is 3. The van der Waals surface area contributed by atoms with E-state index in [4.69, 9.17) is 14.6 Å². The van der Waals surface area contributed by atoms with E-state index in [-0.39, 0.29) is 6.61 Å². The summed E-state index contributed by atoms with van der Waals surface area (Å²) in [5.74, 6) is 0. The normalized spacial score (nSPS) is 10.2. The molecule has 0 fully saturated rings. The van der Waals surface area contributed by atoms with Gasteiger partial charge in [-0.2, -0.15) is 0 Å². The minimum atomic E-state index is 0.0896. The molecule has 0 bridgehead atoms. The average Bonchev–Trinajstić information content (AvgIpc) is 1.97. The van der Waals surface area contributed by atoms with E-state index in [0.717, 1.165) is 11.0 Å². The van der Waals surface area contributed by atoms with Crippen molar-refractivity contribution in [2.24, 2.45) is 0 Å². The van der Waals surface area contributed by atoms with Crippen LogP contribution in [0.1, 0.15) is 0 Å². The Bertz CT molecular complexity index is 53.0. The molecule has 0 saturated carbocycles. The zero-order valence-electron chi connectivity index (χ0n) is 5.88. The van der Waals surface area contributed by atoms with E-state index in [1.807, 2.05) is 0 Å². The summed E-state index contributed by atoms with van der Waals surface area (Å²) < 4.78 is 11.1. The standard InChI is InChI=1S/C6H13IO3/c7-1-3-9-5-6-10-4-2-8/h8H,1-6H2. The van der Waals surface area contributed by atoms with E-state index < -0.39 is 0 Å². The highest BCUT2D eigenvalue weighted by molar-refractivity contribution is 14.1. The Morgan fingerprint density at radius 3 is 2.10 bits per heavy atom. The fourth-order valence-electron chi connectivity index (χ4n) is 0.441. The minimum absolute atomic E-state index is 0.0896. The molecule has 0 aromatic rings. The maximum absolute atomic E-state index is 8.30. The number of rotatable bonds is 7. The van der Waals surface area contributed by atoms with Crippen molar-refractivity contribution >= 4 is 22.6 Å². The van der Waals surface area contributed by atoms with Crippen molar-refractivity contribution in [3.8, 4) is 0 Å². The molecule has 0 rings (SSSR count). The second kappa shape index (κ2) is 9.61. The van der Waals surface area contributed by atoms with Gasteiger partial charge in [0.25, 0.3) is 0 Å². The van der Waals surface area contributed by atoms with Gasteiger partial charge in [-0.05, 0) is 0 Å². The molecule has 0 aliphatic heterocycles. The Kier molecular flexibility index (Phi) is 10.2. The molecule has 1 N–H and O–H groups in total. The summed E-state index contributed by atoms with van der Waals surface area (Å²) in [6.45, 7) is 2.49. The molecule has 0 atom stereocenters. The van der Waals surface area contributed by atoms with Crippen LogP contribution in [0.25, 0.3) is 0 Å². The van der Waals surface area contributed by atoms with Gasteiger partial charge in [0.1, 0.15) is 0 Å². The van der Waals surface area contributed by atoms with Gasteiger partial charge in [0.15, 0.2) is 0 Å². The molecule has 0 aromatic carbocycles. The molecular weight excluding hydrogens is 247 g/mol. The van der Waals surface area contributed by atoms with Crippen molar-refractivity contribution in [1.82, 2.24) is 0 Å². The zero-order valence-corrected chi connectivity index (χ0v) is 8.04. The third-order valence-electron chi connectivity index (χ3n) is 0.829. The molecule has 3 nitrogen and oxygen atoms in total. The molecule has 4 heteroatoms. The largest absolute Gasteiger partial charge is 0.394 e. The van der Waals surface area contributed by atoms with Gasteiger partial charge in [0.05, 0.1) is 33.0 Å². The molecule has 0 spiro atoms. The van der Waals surface area contributed by atoms with Crippen LogP contribution in [0, 0.1) is 0 Å². The first-order valence-electron chi connectivity index (χ1n) is 3.24. The van der Waals surface area contributed by atoms with Crippen LogP contribution in [-0.4, -0.2) is 42.6 Å². The number of aliphatic hydroxyl groups excluding tert-OH is 1. The van der Waals surface area contributed by atoms with Crippen LogP contribution in [0.15, 0.2) is 0 Å². The number of aliphatic hydroxyl groups is 1. The molecule has 0 unspecified atom stereocenters. The topological polar surface area (TPSA) is 38.7 Å². The summed E-state index contributed by atoms with van der Waals surface area (Å²) in [5.41, 5.74) is 0. The van der Waals surface area contributed by atoms with Crippen LogP contribution in [0.5, 0.6) is 0 Å². The molecule has 0 saturated heterocycles. The summed E-state index contributed by atoms with van der Waals surface area (Å²) in [6.07, 6.45) is 0. The van der Waals surface area contributed by atoms with E-state index in [2.05, 4.69) is 22.6 Å². The van der Waals surface area contributed by atoms with Gasteiger partial charge in [-0.3, -0.25) is 0 Å². The number of alkyl halides is 1. The van der Waals surface area contributed by atoms with Crippen molar-refractivity contribution in [3.63, 3.8) is 0 Å². The first-order chi connectivity index (χ1) is 4.91. The second-order valence-corrected chi connectivity index (χ2v) is 2.72. The number of hydrogen-bond donors (Lipinski definition) is 1. The lowest BCUT2D eigenvalue weighted by molar-refractivity contribution is 0.0382. The first-order valence-corrected chi connectivity index (χ1v) is 4.76. The molecule has 0 aliphatic carbocycles. The first kappa shape index (κ1) is 10.6. The van der Waals surface area contributed by atoms with Crippen molar-refractivity contribution in [1.29, 1.82) is 0 Å². The lowest BCUT2D eigenvalue weighted by Gasteiger charge is -2.01. The van der Waals surface area contributed by atoms with E-state index in [9.17, 15) is 0 Å². The highest BCUT2D eigenvalue weighted by Crippen LogP contribution is 1.83. The Morgan fingerprint density at radius 2 is 1.60 bits per heavy atom. The predicted molar refractivity (Wildman–Crippen MR) is 47.6 cm³/mol. The van der Waals surface area contributed by atoms with Crippen LogP contribution in [-0.2, 0) is 9.47 Å². The Hall–Kier alpha value is 0.610. The van der Waals surface area contributed by atoms with E-state index in [1.54, 1.807) is 0 Å². The molecule has 10 heavy (non-hydrogen) atoms.